The van der Waals surface area contributed by atoms with E-state index in [2.05, 4.69) is 11.9 Å². The Labute approximate surface area is 97.6 Å². The third kappa shape index (κ3) is 2.25. The summed E-state index contributed by atoms with van der Waals surface area (Å²) >= 11 is 0. The molecule has 0 bridgehead atoms. The van der Waals surface area contributed by atoms with E-state index in [-0.39, 0.29) is 5.91 Å². The maximum Gasteiger partial charge on any atom is 0.336 e. The zero-order valence-corrected chi connectivity index (χ0v) is 9.32. The number of fused-ring (bicyclic) bond motifs is 1. The van der Waals surface area contributed by atoms with Gasteiger partial charge < -0.3 is 9.73 Å². The number of hydrogen-bond acceptors (Lipinski definition) is 3. The van der Waals surface area contributed by atoms with E-state index in [1.165, 1.54) is 13.0 Å². The maximum atomic E-state index is 11.4. The van der Waals surface area contributed by atoms with Gasteiger partial charge in [-0.1, -0.05) is 24.8 Å². The van der Waals surface area contributed by atoms with Gasteiger partial charge in [-0.3, -0.25) is 4.79 Å². The van der Waals surface area contributed by atoms with Crippen LogP contribution in [0.5, 0.6) is 0 Å². The van der Waals surface area contributed by atoms with Crippen molar-refractivity contribution in [3.05, 3.63) is 52.9 Å². The molecule has 0 atom stereocenters. The molecule has 0 unspecified atom stereocenters. The molecule has 0 aliphatic heterocycles. The minimum absolute atomic E-state index is 0.229. The molecule has 0 spiro atoms. The van der Waals surface area contributed by atoms with Crippen molar-refractivity contribution in [2.24, 2.45) is 0 Å². The van der Waals surface area contributed by atoms with Crippen molar-refractivity contribution in [3.63, 3.8) is 0 Å². The first kappa shape index (κ1) is 11.1. The van der Waals surface area contributed by atoms with Gasteiger partial charge >= 0.3 is 5.63 Å². The van der Waals surface area contributed by atoms with Gasteiger partial charge in [0.05, 0.1) is 0 Å². The molecule has 1 N–H and O–H groups in total. The third-order valence-electron chi connectivity index (χ3n) is 2.30. The van der Waals surface area contributed by atoms with Crippen LogP contribution in [0.2, 0.25) is 0 Å². The Balaban J connectivity index is 2.64. The molecule has 1 amide bonds. The topological polar surface area (TPSA) is 59.3 Å². The van der Waals surface area contributed by atoms with E-state index >= 15 is 0 Å². The normalized spacial score (nSPS) is 10.2. The van der Waals surface area contributed by atoms with Crippen molar-refractivity contribution < 1.29 is 9.21 Å². The Hall–Kier alpha value is -2.36. The summed E-state index contributed by atoms with van der Waals surface area (Å²) in [6.07, 6.45) is 0. The van der Waals surface area contributed by atoms with E-state index in [0.717, 1.165) is 5.39 Å². The smallest absolute Gasteiger partial charge is 0.336 e. The predicted octanol–water partition coefficient (Wildman–Crippen LogP) is 1.90. The lowest BCUT2D eigenvalue weighted by Crippen LogP contribution is -2.18. The fourth-order valence-electron chi connectivity index (χ4n) is 1.64. The van der Waals surface area contributed by atoms with Gasteiger partial charge in [0.1, 0.15) is 5.58 Å². The number of benzene rings is 1. The lowest BCUT2D eigenvalue weighted by molar-refractivity contribution is -0.117. The molecular weight excluding hydrogens is 218 g/mol. The summed E-state index contributed by atoms with van der Waals surface area (Å²) in [5.74, 6) is -0.229. The molecule has 4 nitrogen and oxygen atoms in total. The first-order valence-corrected chi connectivity index (χ1v) is 5.07. The van der Waals surface area contributed by atoms with Crippen LogP contribution in [0.4, 0.5) is 0 Å². The van der Waals surface area contributed by atoms with Crippen molar-refractivity contribution in [1.29, 1.82) is 0 Å². The molecular formula is C13H11NO3. The van der Waals surface area contributed by atoms with Crippen LogP contribution in [0.15, 0.2) is 46.1 Å². The quantitative estimate of drug-likeness (QED) is 0.800. The van der Waals surface area contributed by atoms with Gasteiger partial charge in [-0.25, -0.2) is 4.79 Å². The second-order valence-electron chi connectivity index (χ2n) is 3.64. The largest absolute Gasteiger partial charge is 0.423 e. The van der Waals surface area contributed by atoms with Crippen molar-refractivity contribution >= 4 is 22.6 Å². The zero-order valence-electron chi connectivity index (χ0n) is 9.32. The number of hydrogen-bond donors (Lipinski definition) is 1. The number of rotatable bonds is 2. The Morgan fingerprint density at radius 1 is 1.35 bits per heavy atom. The summed E-state index contributed by atoms with van der Waals surface area (Å²) in [7, 11) is 0. The van der Waals surface area contributed by atoms with Gasteiger partial charge in [-0.2, -0.15) is 0 Å². The van der Waals surface area contributed by atoms with Crippen molar-refractivity contribution in [2.75, 3.05) is 0 Å². The molecule has 4 heteroatoms. The highest BCUT2D eigenvalue weighted by atomic mass is 16.4. The number of carbonyl (C=O) groups is 1. The zero-order chi connectivity index (χ0) is 12.4. The van der Waals surface area contributed by atoms with Crippen LogP contribution in [0, 0.1) is 0 Å². The van der Waals surface area contributed by atoms with Crippen LogP contribution in [0.1, 0.15) is 12.5 Å². The van der Waals surface area contributed by atoms with Crippen molar-refractivity contribution in [2.45, 2.75) is 6.92 Å². The predicted molar refractivity (Wildman–Crippen MR) is 65.3 cm³/mol. The molecule has 2 aromatic rings. The molecule has 17 heavy (non-hydrogen) atoms. The van der Waals surface area contributed by atoms with Crippen LogP contribution in [-0.2, 0) is 4.79 Å². The summed E-state index contributed by atoms with van der Waals surface area (Å²) in [6, 6.07) is 8.42. The Kier molecular flexibility index (Phi) is 2.78. The van der Waals surface area contributed by atoms with Gasteiger partial charge in [0, 0.05) is 29.6 Å². The molecule has 0 aliphatic carbocycles. The highest BCUT2D eigenvalue weighted by Gasteiger charge is 2.08. The molecule has 1 heterocycles. The Morgan fingerprint density at radius 2 is 2.06 bits per heavy atom. The highest BCUT2D eigenvalue weighted by molar-refractivity contribution is 5.93. The van der Waals surface area contributed by atoms with Gasteiger partial charge in [0.25, 0.3) is 0 Å². The molecule has 0 radical (unpaired) electrons. The summed E-state index contributed by atoms with van der Waals surface area (Å²) < 4.78 is 5.05. The summed E-state index contributed by atoms with van der Waals surface area (Å²) in [5.41, 5.74) is 0.973. The first-order chi connectivity index (χ1) is 8.08. The van der Waals surface area contributed by atoms with E-state index in [9.17, 15) is 9.59 Å². The fourth-order valence-corrected chi connectivity index (χ4v) is 1.64. The molecule has 0 fully saturated rings. The summed E-state index contributed by atoms with van der Waals surface area (Å²) in [4.78, 5) is 22.3. The van der Waals surface area contributed by atoms with E-state index in [4.69, 9.17) is 4.42 Å². The second kappa shape index (κ2) is 4.25. The number of para-hydroxylation sites is 1. The molecule has 0 aliphatic rings. The van der Waals surface area contributed by atoms with Crippen molar-refractivity contribution in [1.82, 2.24) is 5.32 Å². The SMILES string of the molecule is C=C(NC(C)=O)c1cc(=O)oc2ccccc12. The van der Waals surface area contributed by atoms with Crippen LogP contribution in [0.25, 0.3) is 16.7 Å². The number of nitrogens with one attached hydrogen (secondary N) is 1. The van der Waals surface area contributed by atoms with Gasteiger partial charge in [0.2, 0.25) is 5.91 Å². The van der Waals surface area contributed by atoms with E-state index in [0.29, 0.717) is 16.8 Å². The van der Waals surface area contributed by atoms with E-state index in [1.807, 2.05) is 6.07 Å². The molecule has 1 aromatic carbocycles. The molecule has 1 aromatic heterocycles. The molecule has 86 valence electrons. The second-order valence-corrected chi connectivity index (χ2v) is 3.64. The van der Waals surface area contributed by atoms with Gasteiger partial charge in [-0.15, -0.1) is 0 Å². The molecule has 2 rings (SSSR count). The Bertz CT molecular complexity index is 655. The third-order valence-corrected chi connectivity index (χ3v) is 2.30. The van der Waals surface area contributed by atoms with Gasteiger partial charge in [0.15, 0.2) is 0 Å². The summed E-state index contributed by atoms with van der Waals surface area (Å²) in [5, 5.41) is 3.31. The monoisotopic (exact) mass is 229 g/mol. The lowest BCUT2D eigenvalue weighted by atomic mass is 10.1. The lowest BCUT2D eigenvalue weighted by Gasteiger charge is -2.08. The fraction of sp³-hybridized carbons (Fsp3) is 0.0769. The maximum absolute atomic E-state index is 11.4. The summed E-state index contributed by atoms with van der Waals surface area (Å²) in [6.45, 7) is 5.13. The van der Waals surface area contributed by atoms with Crippen LogP contribution < -0.4 is 10.9 Å². The average Bonchev–Trinajstić information content (AvgIpc) is 2.26. The van der Waals surface area contributed by atoms with Crippen LogP contribution in [0.3, 0.4) is 0 Å². The molecule has 0 saturated carbocycles. The minimum atomic E-state index is -0.467. The van der Waals surface area contributed by atoms with E-state index in [1.54, 1.807) is 18.2 Å². The van der Waals surface area contributed by atoms with E-state index < -0.39 is 5.63 Å². The minimum Gasteiger partial charge on any atom is -0.423 e. The molecule has 0 saturated heterocycles. The first-order valence-electron chi connectivity index (χ1n) is 5.07. The van der Waals surface area contributed by atoms with Crippen molar-refractivity contribution in [3.8, 4) is 0 Å². The van der Waals surface area contributed by atoms with Crippen LogP contribution in [-0.4, -0.2) is 5.91 Å². The van der Waals surface area contributed by atoms with Gasteiger partial charge in [-0.05, 0) is 6.07 Å². The standard InChI is InChI=1S/C13H11NO3/c1-8(14-9(2)15)11-7-13(16)17-12-6-4-3-5-10(11)12/h3-7H,1H2,2H3,(H,14,15). The highest BCUT2D eigenvalue weighted by Crippen LogP contribution is 2.20. The number of amides is 1. The Morgan fingerprint density at radius 3 is 2.76 bits per heavy atom. The average molecular weight is 229 g/mol. The van der Waals surface area contributed by atoms with Crippen LogP contribution >= 0.6 is 0 Å². The number of carbonyl (C=O) groups excluding carboxylic acids is 1.